The van der Waals surface area contributed by atoms with Crippen LogP contribution in [0.4, 0.5) is 18.9 Å². The van der Waals surface area contributed by atoms with E-state index in [-0.39, 0.29) is 16.9 Å². The predicted octanol–water partition coefficient (Wildman–Crippen LogP) is 3.75. The van der Waals surface area contributed by atoms with Crippen molar-refractivity contribution in [2.75, 3.05) is 11.9 Å². The van der Waals surface area contributed by atoms with Gasteiger partial charge in [0.25, 0.3) is 0 Å². The lowest BCUT2D eigenvalue weighted by molar-refractivity contribution is -0.141. The second-order valence-corrected chi connectivity index (χ2v) is 6.46. The summed E-state index contributed by atoms with van der Waals surface area (Å²) in [6.45, 7) is 0.693. The molecule has 24 heavy (non-hydrogen) atoms. The molecule has 0 bridgehead atoms. The molecule has 0 unspecified atom stereocenters. The fraction of sp³-hybridized carbons (Fsp3) is 0.375. The SMILES string of the molecule is CN1C(=O)C(F)(F)c2cc(F)c(-c3nn4c(c3Cl)CCCC4)cc21. The summed E-state index contributed by atoms with van der Waals surface area (Å²) < 4.78 is 44.1. The predicted molar refractivity (Wildman–Crippen MR) is 82.9 cm³/mol. The van der Waals surface area contributed by atoms with Crippen molar-refractivity contribution in [3.8, 4) is 11.3 Å². The monoisotopic (exact) mass is 355 g/mol. The quantitative estimate of drug-likeness (QED) is 0.781. The molecule has 126 valence electrons. The van der Waals surface area contributed by atoms with Gasteiger partial charge in [-0.15, -0.1) is 0 Å². The lowest BCUT2D eigenvalue weighted by Gasteiger charge is -2.12. The molecule has 0 fully saturated rings. The maximum Gasteiger partial charge on any atom is 0.352 e. The Kier molecular flexibility index (Phi) is 3.22. The van der Waals surface area contributed by atoms with Crippen LogP contribution in [0.15, 0.2) is 12.1 Å². The van der Waals surface area contributed by atoms with Gasteiger partial charge in [0.1, 0.15) is 11.5 Å². The number of carbonyl (C=O) groups is 1. The first-order chi connectivity index (χ1) is 11.3. The van der Waals surface area contributed by atoms with E-state index in [9.17, 15) is 18.0 Å². The molecule has 1 amide bonds. The number of hydrogen-bond acceptors (Lipinski definition) is 2. The van der Waals surface area contributed by atoms with Gasteiger partial charge in [-0.3, -0.25) is 9.48 Å². The minimum Gasteiger partial charge on any atom is -0.309 e. The van der Waals surface area contributed by atoms with Crippen molar-refractivity contribution in [1.82, 2.24) is 9.78 Å². The molecule has 0 spiro atoms. The van der Waals surface area contributed by atoms with Gasteiger partial charge in [-0.25, -0.2) is 4.39 Å². The molecule has 2 aliphatic heterocycles. The van der Waals surface area contributed by atoms with E-state index in [0.717, 1.165) is 29.9 Å². The summed E-state index contributed by atoms with van der Waals surface area (Å²) in [5, 5.41) is 4.68. The van der Waals surface area contributed by atoms with E-state index in [0.29, 0.717) is 17.6 Å². The number of fused-ring (bicyclic) bond motifs is 2. The van der Waals surface area contributed by atoms with E-state index in [4.69, 9.17) is 11.6 Å². The molecule has 0 saturated heterocycles. The van der Waals surface area contributed by atoms with Gasteiger partial charge in [0.15, 0.2) is 0 Å². The average molecular weight is 356 g/mol. The Hall–Kier alpha value is -2.02. The van der Waals surface area contributed by atoms with Crippen molar-refractivity contribution in [1.29, 1.82) is 0 Å². The topological polar surface area (TPSA) is 38.1 Å². The summed E-state index contributed by atoms with van der Waals surface area (Å²) in [6, 6.07) is 1.93. The number of aromatic nitrogens is 2. The smallest absolute Gasteiger partial charge is 0.309 e. The zero-order valence-corrected chi connectivity index (χ0v) is 13.5. The van der Waals surface area contributed by atoms with Crippen LogP contribution in [0, 0.1) is 5.82 Å². The summed E-state index contributed by atoms with van der Waals surface area (Å²) >= 11 is 6.34. The molecule has 4 nitrogen and oxygen atoms in total. The molecule has 2 aliphatic rings. The van der Waals surface area contributed by atoms with Crippen molar-refractivity contribution >= 4 is 23.2 Å². The van der Waals surface area contributed by atoms with E-state index < -0.39 is 23.2 Å². The van der Waals surface area contributed by atoms with Gasteiger partial charge < -0.3 is 4.90 Å². The highest BCUT2D eigenvalue weighted by Crippen LogP contribution is 2.46. The number of anilines is 1. The maximum atomic E-state index is 14.5. The van der Waals surface area contributed by atoms with Crippen molar-refractivity contribution in [2.45, 2.75) is 31.7 Å². The van der Waals surface area contributed by atoms with Crippen LogP contribution in [0.1, 0.15) is 24.1 Å². The minimum absolute atomic E-state index is 0.0246. The van der Waals surface area contributed by atoms with Crippen LogP contribution in [0.25, 0.3) is 11.3 Å². The summed E-state index contributed by atoms with van der Waals surface area (Å²) in [5.74, 6) is -5.96. The Morgan fingerprint density at radius 2 is 2.04 bits per heavy atom. The molecule has 8 heteroatoms. The van der Waals surface area contributed by atoms with Gasteiger partial charge in [-0.1, -0.05) is 11.6 Å². The Morgan fingerprint density at radius 1 is 1.29 bits per heavy atom. The van der Waals surface area contributed by atoms with Crippen molar-refractivity contribution < 1.29 is 18.0 Å². The second kappa shape index (κ2) is 4.99. The molecule has 4 rings (SSSR count). The third-order valence-electron chi connectivity index (χ3n) is 4.64. The van der Waals surface area contributed by atoms with Crippen molar-refractivity contribution in [3.05, 3.63) is 34.2 Å². The number of nitrogens with zero attached hydrogens (tertiary/aromatic N) is 3. The Bertz CT molecular complexity index is 878. The van der Waals surface area contributed by atoms with E-state index >= 15 is 0 Å². The highest BCUT2D eigenvalue weighted by atomic mass is 35.5. The molecule has 0 saturated carbocycles. The molecule has 0 aliphatic carbocycles. The van der Waals surface area contributed by atoms with Gasteiger partial charge in [0, 0.05) is 19.2 Å². The van der Waals surface area contributed by atoms with Gasteiger partial charge in [0.05, 0.1) is 22.0 Å². The van der Waals surface area contributed by atoms with Crippen molar-refractivity contribution in [2.24, 2.45) is 0 Å². The maximum absolute atomic E-state index is 14.5. The summed E-state index contributed by atoms with van der Waals surface area (Å²) in [5.41, 5.74) is 0.426. The fourth-order valence-corrected chi connectivity index (χ4v) is 3.66. The number of alkyl halides is 2. The Balaban J connectivity index is 1.90. The summed E-state index contributed by atoms with van der Waals surface area (Å²) in [6.07, 6.45) is 2.68. The van der Waals surface area contributed by atoms with E-state index in [2.05, 4.69) is 5.10 Å². The molecular weight excluding hydrogens is 343 g/mol. The third kappa shape index (κ3) is 1.94. The lowest BCUT2D eigenvalue weighted by atomic mass is 10.0. The summed E-state index contributed by atoms with van der Waals surface area (Å²) in [4.78, 5) is 12.5. The molecule has 0 atom stereocenters. The summed E-state index contributed by atoms with van der Waals surface area (Å²) in [7, 11) is 1.24. The number of aryl methyl sites for hydroxylation is 1. The van der Waals surface area contributed by atoms with Gasteiger partial charge in [0.2, 0.25) is 0 Å². The first kappa shape index (κ1) is 15.5. The standard InChI is InChI=1S/C16H13ClF3N3O/c1-22-12-6-8(10(18)7-9(12)16(19,20)15(22)24)14-13(17)11-4-2-3-5-23(11)21-14/h6-7H,2-5H2,1H3. The number of carbonyl (C=O) groups excluding carboxylic acids is 1. The Morgan fingerprint density at radius 3 is 2.75 bits per heavy atom. The first-order valence-electron chi connectivity index (χ1n) is 7.58. The van der Waals surface area contributed by atoms with Crippen LogP contribution in [-0.4, -0.2) is 22.7 Å². The highest BCUT2D eigenvalue weighted by Gasteiger charge is 2.52. The molecule has 1 aromatic heterocycles. The molecule has 0 N–H and O–H groups in total. The number of hydrogen-bond donors (Lipinski definition) is 0. The number of halogens is 4. The first-order valence-corrected chi connectivity index (χ1v) is 7.95. The van der Waals surface area contributed by atoms with E-state index in [1.807, 2.05) is 0 Å². The minimum atomic E-state index is -3.72. The lowest BCUT2D eigenvalue weighted by Crippen LogP contribution is -2.31. The average Bonchev–Trinajstić information content (AvgIpc) is 2.97. The van der Waals surface area contributed by atoms with Crippen LogP contribution in [-0.2, 0) is 23.7 Å². The normalized spacial score (nSPS) is 18.7. The van der Waals surface area contributed by atoms with Crippen LogP contribution in [0.5, 0.6) is 0 Å². The van der Waals surface area contributed by atoms with Gasteiger partial charge in [-0.05, 0) is 31.4 Å². The van der Waals surface area contributed by atoms with E-state index in [1.165, 1.54) is 13.1 Å². The molecule has 3 heterocycles. The van der Waals surface area contributed by atoms with Crippen LogP contribution >= 0.6 is 11.6 Å². The molecule has 1 aromatic carbocycles. The molecular formula is C16H13ClF3N3O. The number of rotatable bonds is 1. The number of benzene rings is 1. The second-order valence-electron chi connectivity index (χ2n) is 6.08. The van der Waals surface area contributed by atoms with Gasteiger partial charge in [-0.2, -0.15) is 13.9 Å². The number of amides is 1. The van der Waals surface area contributed by atoms with Crippen LogP contribution < -0.4 is 4.90 Å². The Labute approximate surface area is 140 Å². The van der Waals surface area contributed by atoms with Crippen molar-refractivity contribution in [3.63, 3.8) is 0 Å². The number of likely N-dealkylation sites (N-methyl/N-ethyl adjacent to an activating group) is 1. The fourth-order valence-electron chi connectivity index (χ4n) is 3.33. The van der Waals surface area contributed by atoms with Crippen LogP contribution in [0.2, 0.25) is 5.02 Å². The largest absolute Gasteiger partial charge is 0.352 e. The highest BCUT2D eigenvalue weighted by molar-refractivity contribution is 6.33. The molecule has 0 radical (unpaired) electrons. The van der Waals surface area contributed by atoms with Crippen LogP contribution in [0.3, 0.4) is 0 Å². The third-order valence-corrected chi connectivity index (χ3v) is 5.04. The zero-order valence-electron chi connectivity index (χ0n) is 12.7. The molecule has 2 aromatic rings. The van der Waals surface area contributed by atoms with Gasteiger partial charge >= 0.3 is 11.8 Å². The van der Waals surface area contributed by atoms with E-state index in [1.54, 1.807) is 4.68 Å². The zero-order chi connectivity index (χ0) is 17.2.